The molecule has 0 saturated carbocycles. The Morgan fingerprint density at radius 3 is 3.00 bits per heavy atom. The van der Waals surface area contributed by atoms with Gasteiger partial charge in [-0.3, -0.25) is 9.59 Å². The lowest BCUT2D eigenvalue weighted by Crippen LogP contribution is -2.43. The molecule has 6 heteroatoms. The highest BCUT2D eigenvalue weighted by Gasteiger charge is 2.25. The molecule has 1 aromatic heterocycles. The fourth-order valence-corrected chi connectivity index (χ4v) is 3.22. The van der Waals surface area contributed by atoms with Gasteiger partial charge in [-0.05, 0) is 24.3 Å². The van der Waals surface area contributed by atoms with E-state index in [2.05, 4.69) is 5.32 Å². The highest BCUT2D eigenvalue weighted by molar-refractivity contribution is 7.10. The number of hydrogen-bond donors (Lipinski definition) is 2. The number of amides is 2. The summed E-state index contributed by atoms with van der Waals surface area (Å²) in [6, 6.07) is 3.55. The molecule has 5 nitrogen and oxygen atoms in total. The summed E-state index contributed by atoms with van der Waals surface area (Å²) in [6.07, 6.45) is 1.40. The van der Waals surface area contributed by atoms with Crippen molar-refractivity contribution in [1.82, 2.24) is 10.2 Å². The largest absolute Gasteiger partial charge is 0.391 e. The van der Waals surface area contributed by atoms with E-state index in [-0.39, 0.29) is 24.3 Å². The molecule has 1 saturated heterocycles. The molecule has 2 amide bonds. The van der Waals surface area contributed by atoms with Gasteiger partial charge < -0.3 is 15.3 Å². The Morgan fingerprint density at radius 2 is 2.40 bits per heavy atom. The number of carbonyl (C=O) groups is 2. The number of nitrogens with zero attached hydrogens (tertiary/aromatic N) is 1. The van der Waals surface area contributed by atoms with Crippen molar-refractivity contribution in [2.75, 3.05) is 13.1 Å². The van der Waals surface area contributed by atoms with E-state index >= 15 is 0 Å². The molecule has 2 rings (SSSR count). The van der Waals surface area contributed by atoms with Crippen LogP contribution in [0, 0.1) is 0 Å². The summed E-state index contributed by atoms with van der Waals surface area (Å²) in [5, 5.41) is 14.4. The zero-order valence-electron chi connectivity index (χ0n) is 11.5. The maximum absolute atomic E-state index is 12.3. The first-order valence-corrected chi connectivity index (χ1v) is 7.70. The Hall–Kier alpha value is -1.40. The van der Waals surface area contributed by atoms with Crippen LogP contribution in [0.3, 0.4) is 0 Å². The summed E-state index contributed by atoms with van der Waals surface area (Å²) in [6.45, 7) is 2.54. The normalized spacial score (nSPS) is 20.5. The predicted molar refractivity (Wildman–Crippen MR) is 77.3 cm³/mol. The van der Waals surface area contributed by atoms with Gasteiger partial charge in [-0.25, -0.2) is 0 Å². The summed E-state index contributed by atoms with van der Waals surface area (Å²) in [4.78, 5) is 26.3. The average Bonchev–Trinajstić information content (AvgIpc) is 2.91. The number of hydrogen-bond acceptors (Lipinski definition) is 4. The van der Waals surface area contributed by atoms with E-state index in [1.807, 2.05) is 17.5 Å². The quantitative estimate of drug-likeness (QED) is 0.880. The van der Waals surface area contributed by atoms with Crippen molar-refractivity contribution in [2.24, 2.45) is 0 Å². The Bertz CT molecular complexity index is 461. The van der Waals surface area contributed by atoms with Crippen LogP contribution in [0.2, 0.25) is 0 Å². The minimum absolute atomic E-state index is 0.0177. The van der Waals surface area contributed by atoms with E-state index in [4.69, 9.17) is 0 Å². The molecule has 110 valence electrons. The van der Waals surface area contributed by atoms with Crippen molar-refractivity contribution >= 4 is 23.2 Å². The molecular weight excluding hydrogens is 276 g/mol. The topological polar surface area (TPSA) is 69.6 Å². The minimum Gasteiger partial charge on any atom is -0.391 e. The Labute approximate surface area is 122 Å². The number of rotatable bonds is 4. The SMILES string of the molecule is CC(=O)NC(CC(=O)N1CCCC(O)C1)c1cccs1. The number of aliphatic hydroxyl groups excluding tert-OH is 1. The third-order valence-electron chi connectivity index (χ3n) is 3.39. The van der Waals surface area contributed by atoms with Crippen LogP contribution in [-0.4, -0.2) is 41.0 Å². The van der Waals surface area contributed by atoms with E-state index in [1.165, 1.54) is 18.3 Å². The van der Waals surface area contributed by atoms with Crippen molar-refractivity contribution in [1.29, 1.82) is 0 Å². The number of piperidine rings is 1. The van der Waals surface area contributed by atoms with E-state index in [1.54, 1.807) is 4.90 Å². The Kier molecular flexibility index (Phi) is 5.14. The van der Waals surface area contributed by atoms with Crippen LogP contribution in [0.25, 0.3) is 0 Å². The van der Waals surface area contributed by atoms with Gasteiger partial charge in [0.2, 0.25) is 11.8 Å². The highest BCUT2D eigenvalue weighted by atomic mass is 32.1. The molecule has 0 radical (unpaired) electrons. The van der Waals surface area contributed by atoms with Crippen LogP contribution in [-0.2, 0) is 9.59 Å². The minimum atomic E-state index is -0.423. The first-order valence-electron chi connectivity index (χ1n) is 6.82. The van der Waals surface area contributed by atoms with Gasteiger partial charge in [0.15, 0.2) is 0 Å². The summed E-state index contributed by atoms with van der Waals surface area (Å²) in [5.74, 6) is -0.161. The van der Waals surface area contributed by atoms with Crippen LogP contribution < -0.4 is 5.32 Å². The Balaban J connectivity index is 2.00. The van der Waals surface area contributed by atoms with Gasteiger partial charge in [0.25, 0.3) is 0 Å². The number of aliphatic hydroxyl groups is 1. The molecule has 1 aliphatic rings. The zero-order chi connectivity index (χ0) is 14.5. The summed E-state index contributed by atoms with van der Waals surface area (Å²) in [7, 11) is 0. The lowest BCUT2D eigenvalue weighted by atomic mass is 10.1. The number of nitrogens with one attached hydrogen (secondary N) is 1. The number of β-amino-alcohol motifs (C(OH)–C–C–N with tert-alkyl or cyclic N) is 1. The van der Waals surface area contributed by atoms with E-state index in [0.29, 0.717) is 13.1 Å². The van der Waals surface area contributed by atoms with Crippen LogP contribution in [0.4, 0.5) is 0 Å². The monoisotopic (exact) mass is 296 g/mol. The van der Waals surface area contributed by atoms with Gasteiger partial charge in [-0.15, -0.1) is 11.3 Å². The lowest BCUT2D eigenvalue weighted by Gasteiger charge is -2.31. The second-order valence-corrected chi connectivity index (χ2v) is 6.09. The van der Waals surface area contributed by atoms with Crippen molar-refractivity contribution in [3.63, 3.8) is 0 Å². The van der Waals surface area contributed by atoms with E-state index in [0.717, 1.165) is 17.7 Å². The summed E-state index contributed by atoms with van der Waals surface area (Å²) >= 11 is 1.53. The molecule has 1 aliphatic heterocycles. The van der Waals surface area contributed by atoms with Gasteiger partial charge in [0.1, 0.15) is 0 Å². The maximum Gasteiger partial charge on any atom is 0.225 e. The first-order chi connectivity index (χ1) is 9.56. The first kappa shape index (κ1) is 15.0. The molecule has 1 fully saturated rings. The highest BCUT2D eigenvalue weighted by Crippen LogP contribution is 2.23. The smallest absolute Gasteiger partial charge is 0.225 e. The molecule has 0 aromatic carbocycles. The molecule has 2 unspecified atom stereocenters. The molecule has 0 aliphatic carbocycles. The van der Waals surface area contributed by atoms with Crippen LogP contribution in [0.15, 0.2) is 17.5 Å². The molecule has 0 bridgehead atoms. The van der Waals surface area contributed by atoms with E-state index in [9.17, 15) is 14.7 Å². The molecular formula is C14H20N2O3S. The van der Waals surface area contributed by atoms with Crippen molar-refractivity contribution in [3.05, 3.63) is 22.4 Å². The van der Waals surface area contributed by atoms with Crippen LogP contribution in [0.1, 0.15) is 37.1 Å². The van der Waals surface area contributed by atoms with Gasteiger partial charge in [-0.2, -0.15) is 0 Å². The molecule has 20 heavy (non-hydrogen) atoms. The van der Waals surface area contributed by atoms with Gasteiger partial charge in [0.05, 0.1) is 18.6 Å². The fraction of sp³-hybridized carbons (Fsp3) is 0.571. The van der Waals surface area contributed by atoms with Gasteiger partial charge in [0, 0.05) is 24.9 Å². The lowest BCUT2D eigenvalue weighted by molar-refractivity contribution is -0.135. The third-order valence-corrected chi connectivity index (χ3v) is 4.38. The second-order valence-electron chi connectivity index (χ2n) is 5.11. The zero-order valence-corrected chi connectivity index (χ0v) is 12.4. The van der Waals surface area contributed by atoms with Crippen LogP contribution in [0.5, 0.6) is 0 Å². The summed E-state index contributed by atoms with van der Waals surface area (Å²) in [5.41, 5.74) is 0. The molecule has 0 spiro atoms. The standard InChI is InChI=1S/C14H20N2O3S/c1-10(17)15-12(13-5-3-7-20-13)8-14(19)16-6-2-4-11(18)9-16/h3,5,7,11-12,18H,2,4,6,8-9H2,1H3,(H,15,17). The number of likely N-dealkylation sites (tertiary alicyclic amines) is 1. The van der Waals surface area contributed by atoms with E-state index < -0.39 is 6.10 Å². The average molecular weight is 296 g/mol. The molecule has 1 aromatic rings. The third kappa shape index (κ3) is 4.05. The summed E-state index contributed by atoms with van der Waals surface area (Å²) < 4.78 is 0. The number of carbonyl (C=O) groups excluding carboxylic acids is 2. The maximum atomic E-state index is 12.3. The van der Waals surface area contributed by atoms with Crippen molar-refractivity contribution in [3.8, 4) is 0 Å². The predicted octanol–water partition coefficient (Wildman–Crippen LogP) is 1.30. The second kappa shape index (κ2) is 6.85. The van der Waals surface area contributed by atoms with Gasteiger partial charge in [-0.1, -0.05) is 6.07 Å². The van der Waals surface area contributed by atoms with Crippen LogP contribution >= 0.6 is 11.3 Å². The number of thiophene rings is 1. The molecule has 2 heterocycles. The molecule has 2 atom stereocenters. The van der Waals surface area contributed by atoms with Crippen molar-refractivity contribution in [2.45, 2.75) is 38.3 Å². The fourth-order valence-electron chi connectivity index (χ4n) is 2.44. The van der Waals surface area contributed by atoms with Gasteiger partial charge >= 0.3 is 0 Å². The molecule has 2 N–H and O–H groups in total. The van der Waals surface area contributed by atoms with Crippen molar-refractivity contribution < 1.29 is 14.7 Å². The Morgan fingerprint density at radius 1 is 1.60 bits per heavy atom.